The average Bonchev–Trinajstić information content (AvgIpc) is 2.39. The molecule has 0 radical (unpaired) electrons. The molecule has 1 aromatic heterocycles. The van der Waals surface area contributed by atoms with Gasteiger partial charge in [-0.3, -0.25) is 4.98 Å². The molecule has 0 aliphatic rings. The van der Waals surface area contributed by atoms with Gasteiger partial charge >= 0.3 is 0 Å². The quantitative estimate of drug-likeness (QED) is 0.873. The van der Waals surface area contributed by atoms with Gasteiger partial charge in [0.15, 0.2) is 0 Å². The summed E-state index contributed by atoms with van der Waals surface area (Å²) in [6.45, 7) is 4.15. The van der Waals surface area contributed by atoms with Gasteiger partial charge in [-0.05, 0) is 30.0 Å². The first-order chi connectivity index (χ1) is 8.16. The Morgan fingerprint density at radius 1 is 1.12 bits per heavy atom. The lowest BCUT2D eigenvalue weighted by atomic mass is 9.82. The van der Waals surface area contributed by atoms with Gasteiger partial charge < -0.3 is 5.73 Å². The Bertz CT molecular complexity index is 493. The molecule has 0 saturated carbocycles. The molecule has 0 saturated heterocycles. The topological polar surface area (TPSA) is 38.9 Å². The molecule has 0 spiro atoms. The average molecular weight is 226 g/mol. The Kier molecular flexibility index (Phi) is 3.25. The summed E-state index contributed by atoms with van der Waals surface area (Å²) < 4.78 is 0. The third kappa shape index (κ3) is 2.22. The van der Waals surface area contributed by atoms with Crippen LogP contribution in [0, 0.1) is 6.92 Å². The molecule has 88 valence electrons. The van der Waals surface area contributed by atoms with Crippen molar-refractivity contribution >= 4 is 0 Å². The highest BCUT2D eigenvalue weighted by Crippen LogP contribution is 2.29. The summed E-state index contributed by atoms with van der Waals surface area (Å²) in [5.41, 5.74) is 9.47. The number of rotatable bonds is 3. The van der Waals surface area contributed by atoms with Crippen molar-refractivity contribution in [1.29, 1.82) is 0 Å². The highest BCUT2D eigenvalue weighted by atomic mass is 14.8. The van der Waals surface area contributed by atoms with E-state index in [0.29, 0.717) is 0 Å². The fraction of sp³-hybridized carbons (Fsp3) is 0.267. The van der Waals surface area contributed by atoms with Gasteiger partial charge in [-0.15, -0.1) is 0 Å². The molecule has 2 heteroatoms. The largest absolute Gasteiger partial charge is 0.318 e. The molecule has 1 aromatic carbocycles. The van der Waals surface area contributed by atoms with Crippen LogP contribution in [0.1, 0.15) is 30.0 Å². The molecule has 17 heavy (non-hydrogen) atoms. The number of nitrogens with two attached hydrogens (primary N) is 1. The lowest BCUT2D eigenvalue weighted by molar-refractivity contribution is 0.516. The maximum atomic E-state index is 6.57. The Morgan fingerprint density at radius 3 is 2.41 bits per heavy atom. The fourth-order valence-corrected chi connectivity index (χ4v) is 2.11. The molecule has 0 bridgehead atoms. The number of nitrogens with zero attached hydrogens (tertiary/aromatic N) is 1. The Labute approximate surface area is 103 Å². The van der Waals surface area contributed by atoms with E-state index in [9.17, 15) is 0 Å². The summed E-state index contributed by atoms with van der Waals surface area (Å²) in [5.74, 6) is 0. The molecule has 0 aliphatic carbocycles. The lowest BCUT2D eigenvalue weighted by Crippen LogP contribution is -2.37. The van der Waals surface area contributed by atoms with Crippen LogP contribution in [-0.4, -0.2) is 4.98 Å². The van der Waals surface area contributed by atoms with Crippen LogP contribution in [0.15, 0.2) is 48.8 Å². The van der Waals surface area contributed by atoms with Crippen LogP contribution in [0.5, 0.6) is 0 Å². The second kappa shape index (κ2) is 4.68. The van der Waals surface area contributed by atoms with Gasteiger partial charge in [0.25, 0.3) is 0 Å². The highest BCUT2D eigenvalue weighted by Gasteiger charge is 2.27. The SMILES string of the molecule is CCC(N)(c1ccccc1)c1cncc(C)c1. The normalized spacial score (nSPS) is 14.3. The summed E-state index contributed by atoms with van der Waals surface area (Å²) in [6.07, 6.45) is 4.57. The zero-order valence-corrected chi connectivity index (χ0v) is 10.4. The zero-order valence-electron chi connectivity index (χ0n) is 10.4. The van der Waals surface area contributed by atoms with Crippen molar-refractivity contribution in [3.05, 3.63) is 65.5 Å². The molecule has 0 amide bonds. The summed E-state index contributed by atoms with van der Waals surface area (Å²) in [5, 5.41) is 0. The standard InChI is InChI=1S/C15H18N2/c1-3-15(16,13-7-5-4-6-8-13)14-9-12(2)10-17-11-14/h4-11H,3,16H2,1-2H3. The first-order valence-electron chi connectivity index (χ1n) is 5.93. The van der Waals surface area contributed by atoms with Crippen molar-refractivity contribution < 1.29 is 0 Å². The van der Waals surface area contributed by atoms with Crippen molar-refractivity contribution in [2.45, 2.75) is 25.8 Å². The van der Waals surface area contributed by atoms with Crippen molar-refractivity contribution in [1.82, 2.24) is 4.98 Å². The number of hydrogen-bond acceptors (Lipinski definition) is 2. The lowest BCUT2D eigenvalue weighted by Gasteiger charge is -2.29. The Hall–Kier alpha value is -1.67. The number of aromatic nitrogens is 1. The van der Waals surface area contributed by atoms with E-state index in [1.165, 1.54) is 0 Å². The Balaban J connectivity index is 2.52. The van der Waals surface area contributed by atoms with Crippen molar-refractivity contribution in [2.75, 3.05) is 0 Å². The van der Waals surface area contributed by atoms with Crippen LogP contribution in [0.2, 0.25) is 0 Å². The first kappa shape index (κ1) is 11.8. The molecule has 1 heterocycles. The molecule has 2 aromatic rings. The molecule has 2 N–H and O–H groups in total. The summed E-state index contributed by atoms with van der Waals surface area (Å²) in [6, 6.07) is 12.3. The van der Waals surface area contributed by atoms with Gasteiger partial charge in [-0.2, -0.15) is 0 Å². The summed E-state index contributed by atoms with van der Waals surface area (Å²) in [4.78, 5) is 4.24. The van der Waals surface area contributed by atoms with Gasteiger partial charge in [0.1, 0.15) is 0 Å². The van der Waals surface area contributed by atoms with Gasteiger partial charge in [0.05, 0.1) is 5.54 Å². The van der Waals surface area contributed by atoms with Crippen LogP contribution in [-0.2, 0) is 5.54 Å². The minimum atomic E-state index is -0.444. The van der Waals surface area contributed by atoms with Gasteiger partial charge in [0.2, 0.25) is 0 Å². The minimum absolute atomic E-state index is 0.444. The number of hydrogen-bond donors (Lipinski definition) is 1. The summed E-state index contributed by atoms with van der Waals surface area (Å²) in [7, 11) is 0. The predicted octanol–water partition coefficient (Wildman–Crippen LogP) is 3.00. The van der Waals surface area contributed by atoms with Crippen LogP contribution in [0.25, 0.3) is 0 Å². The van der Waals surface area contributed by atoms with E-state index in [1.807, 2.05) is 37.5 Å². The number of pyridine rings is 1. The minimum Gasteiger partial charge on any atom is -0.318 e. The summed E-state index contributed by atoms with van der Waals surface area (Å²) >= 11 is 0. The maximum Gasteiger partial charge on any atom is 0.0678 e. The molecule has 1 unspecified atom stereocenters. The number of aryl methyl sites for hydroxylation is 1. The maximum absolute atomic E-state index is 6.57. The second-order valence-electron chi connectivity index (χ2n) is 4.44. The van der Waals surface area contributed by atoms with E-state index in [2.05, 4.69) is 30.1 Å². The first-order valence-corrected chi connectivity index (χ1v) is 5.93. The molecular formula is C15H18N2. The van der Waals surface area contributed by atoms with E-state index in [0.717, 1.165) is 23.1 Å². The third-order valence-electron chi connectivity index (χ3n) is 3.24. The van der Waals surface area contributed by atoms with Gasteiger partial charge in [0, 0.05) is 12.4 Å². The van der Waals surface area contributed by atoms with Crippen molar-refractivity contribution in [3.63, 3.8) is 0 Å². The Morgan fingerprint density at radius 2 is 1.82 bits per heavy atom. The van der Waals surface area contributed by atoms with Crippen molar-refractivity contribution in [2.24, 2.45) is 5.73 Å². The molecule has 0 fully saturated rings. The monoisotopic (exact) mass is 226 g/mol. The van der Waals surface area contributed by atoms with E-state index < -0.39 is 5.54 Å². The van der Waals surface area contributed by atoms with E-state index >= 15 is 0 Å². The van der Waals surface area contributed by atoms with E-state index in [4.69, 9.17) is 5.73 Å². The second-order valence-corrected chi connectivity index (χ2v) is 4.44. The van der Waals surface area contributed by atoms with E-state index in [-0.39, 0.29) is 0 Å². The van der Waals surface area contributed by atoms with Gasteiger partial charge in [-0.1, -0.05) is 43.3 Å². The van der Waals surface area contributed by atoms with Crippen molar-refractivity contribution in [3.8, 4) is 0 Å². The van der Waals surface area contributed by atoms with Crippen LogP contribution in [0.3, 0.4) is 0 Å². The molecule has 2 nitrogen and oxygen atoms in total. The van der Waals surface area contributed by atoms with Crippen LogP contribution < -0.4 is 5.73 Å². The van der Waals surface area contributed by atoms with Gasteiger partial charge in [-0.25, -0.2) is 0 Å². The fourth-order valence-electron chi connectivity index (χ4n) is 2.11. The molecule has 1 atom stereocenters. The third-order valence-corrected chi connectivity index (χ3v) is 3.24. The smallest absolute Gasteiger partial charge is 0.0678 e. The van der Waals surface area contributed by atoms with E-state index in [1.54, 1.807) is 0 Å². The highest BCUT2D eigenvalue weighted by molar-refractivity contribution is 5.37. The van der Waals surface area contributed by atoms with Crippen LogP contribution >= 0.6 is 0 Å². The molecular weight excluding hydrogens is 208 g/mol. The molecule has 2 rings (SSSR count). The number of benzene rings is 1. The predicted molar refractivity (Wildman–Crippen MR) is 70.7 cm³/mol. The van der Waals surface area contributed by atoms with Crippen LogP contribution in [0.4, 0.5) is 0 Å². The zero-order chi connectivity index (χ0) is 12.3. The molecule has 0 aliphatic heterocycles.